The first-order valence-electron chi connectivity index (χ1n) is 6.73. The third-order valence-corrected chi connectivity index (χ3v) is 3.15. The first-order valence-corrected chi connectivity index (χ1v) is 6.73. The SMILES string of the molecule is CCC(=O)c1cccc(OC)c1OCc1ccccc1F. The van der Waals surface area contributed by atoms with E-state index in [1.54, 1.807) is 43.3 Å². The zero-order valence-electron chi connectivity index (χ0n) is 12.1. The van der Waals surface area contributed by atoms with Crippen LogP contribution < -0.4 is 9.47 Å². The maximum Gasteiger partial charge on any atom is 0.172 e. The number of hydrogen-bond donors (Lipinski definition) is 0. The molecule has 0 N–H and O–H groups in total. The lowest BCUT2D eigenvalue weighted by atomic mass is 10.1. The van der Waals surface area contributed by atoms with Crippen molar-refractivity contribution in [2.75, 3.05) is 7.11 Å². The van der Waals surface area contributed by atoms with Crippen LogP contribution in [0.5, 0.6) is 11.5 Å². The number of ketones is 1. The molecule has 0 aliphatic rings. The molecule has 110 valence electrons. The Morgan fingerprint density at radius 3 is 2.57 bits per heavy atom. The van der Waals surface area contributed by atoms with Gasteiger partial charge in [0.15, 0.2) is 17.3 Å². The summed E-state index contributed by atoms with van der Waals surface area (Å²) in [6, 6.07) is 11.5. The quantitative estimate of drug-likeness (QED) is 0.753. The summed E-state index contributed by atoms with van der Waals surface area (Å²) in [7, 11) is 1.51. The van der Waals surface area contributed by atoms with E-state index in [2.05, 4.69) is 0 Å². The van der Waals surface area contributed by atoms with E-state index in [-0.39, 0.29) is 18.2 Å². The molecule has 2 aromatic carbocycles. The number of carbonyl (C=O) groups excluding carboxylic acids is 1. The Morgan fingerprint density at radius 2 is 1.90 bits per heavy atom. The summed E-state index contributed by atoms with van der Waals surface area (Å²) in [6.07, 6.45) is 0.364. The summed E-state index contributed by atoms with van der Waals surface area (Å²) < 4.78 is 24.5. The molecule has 0 unspecified atom stereocenters. The molecule has 0 saturated heterocycles. The van der Waals surface area contributed by atoms with E-state index in [9.17, 15) is 9.18 Å². The predicted octanol–water partition coefficient (Wildman–Crippen LogP) is 4.01. The highest BCUT2D eigenvalue weighted by atomic mass is 19.1. The number of rotatable bonds is 6. The van der Waals surface area contributed by atoms with Crippen molar-refractivity contribution in [1.29, 1.82) is 0 Å². The van der Waals surface area contributed by atoms with Crippen molar-refractivity contribution in [3.63, 3.8) is 0 Å². The van der Waals surface area contributed by atoms with Gasteiger partial charge in [-0.15, -0.1) is 0 Å². The fourth-order valence-corrected chi connectivity index (χ4v) is 2.00. The predicted molar refractivity (Wildman–Crippen MR) is 78.3 cm³/mol. The van der Waals surface area contributed by atoms with E-state index in [1.165, 1.54) is 13.2 Å². The van der Waals surface area contributed by atoms with Gasteiger partial charge in [-0.2, -0.15) is 0 Å². The van der Waals surface area contributed by atoms with Crippen LogP contribution in [-0.4, -0.2) is 12.9 Å². The van der Waals surface area contributed by atoms with E-state index in [0.717, 1.165) is 0 Å². The van der Waals surface area contributed by atoms with Gasteiger partial charge in [-0.25, -0.2) is 4.39 Å². The lowest BCUT2D eigenvalue weighted by Crippen LogP contribution is -2.06. The molecule has 0 bridgehead atoms. The van der Waals surface area contributed by atoms with Crippen LogP contribution in [0.1, 0.15) is 29.3 Å². The van der Waals surface area contributed by atoms with Gasteiger partial charge in [-0.1, -0.05) is 31.2 Å². The lowest BCUT2D eigenvalue weighted by molar-refractivity contribution is 0.0983. The molecule has 21 heavy (non-hydrogen) atoms. The number of benzene rings is 2. The highest BCUT2D eigenvalue weighted by Crippen LogP contribution is 2.32. The normalized spacial score (nSPS) is 10.2. The van der Waals surface area contributed by atoms with Crippen molar-refractivity contribution in [3.8, 4) is 11.5 Å². The van der Waals surface area contributed by atoms with Gasteiger partial charge in [0.05, 0.1) is 12.7 Å². The Hall–Kier alpha value is -2.36. The van der Waals surface area contributed by atoms with Crippen molar-refractivity contribution < 1.29 is 18.7 Å². The first kappa shape index (κ1) is 15.0. The molecule has 0 aliphatic heterocycles. The zero-order valence-corrected chi connectivity index (χ0v) is 12.1. The second-order valence-electron chi connectivity index (χ2n) is 4.49. The van der Waals surface area contributed by atoms with Crippen molar-refractivity contribution in [3.05, 3.63) is 59.4 Å². The Kier molecular flexibility index (Phi) is 4.93. The van der Waals surface area contributed by atoms with E-state index < -0.39 is 0 Å². The fraction of sp³-hybridized carbons (Fsp3) is 0.235. The molecule has 0 radical (unpaired) electrons. The molecule has 0 amide bonds. The van der Waals surface area contributed by atoms with Gasteiger partial charge in [-0.3, -0.25) is 4.79 Å². The molecule has 4 heteroatoms. The lowest BCUT2D eigenvalue weighted by Gasteiger charge is -2.14. The van der Waals surface area contributed by atoms with Gasteiger partial charge in [0.2, 0.25) is 0 Å². The molecule has 0 fully saturated rings. The Bertz CT molecular complexity index is 638. The van der Waals surface area contributed by atoms with Crippen LogP contribution in [0.3, 0.4) is 0 Å². The minimum Gasteiger partial charge on any atom is -0.493 e. The van der Waals surface area contributed by atoms with Gasteiger partial charge < -0.3 is 9.47 Å². The molecule has 0 spiro atoms. The minimum absolute atomic E-state index is 0.0387. The summed E-state index contributed by atoms with van der Waals surface area (Å²) in [6.45, 7) is 1.82. The molecule has 0 saturated carbocycles. The second-order valence-corrected chi connectivity index (χ2v) is 4.49. The van der Waals surface area contributed by atoms with Crippen LogP contribution >= 0.6 is 0 Å². The topological polar surface area (TPSA) is 35.5 Å². The largest absolute Gasteiger partial charge is 0.493 e. The Labute approximate surface area is 123 Å². The van der Waals surface area contributed by atoms with E-state index in [0.29, 0.717) is 29.0 Å². The molecule has 2 aromatic rings. The van der Waals surface area contributed by atoms with Gasteiger partial charge >= 0.3 is 0 Å². The number of hydrogen-bond acceptors (Lipinski definition) is 3. The summed E-state index contributed by atoms with van der Waals surface area (Å²) in [5, 5.41) is 0. The molecular formula is C17H17FO3. The summed E-state index contributed by atoms with van der Waals surface area (Å²) in [4.78, 5) is 12.0. The van der Waals surface area contributed by atoms with Crippen molar-refractivity contribution in [1.82, 2.24) is 0 Å². The van der Waals surface area contributed by atoms with Crippen LogP contribution in [0.25, 0.3) is 0 Å². The second kappa shape index (κ2) is 6.88. The van der Waals surface area contributed by atoms with Crippen LogP contribution in [-0.2, 0) is 6.61 Å². The molecule has 2 rings (SSSR count). The van der Waals surface area contributed by atoms with Crippen LogP contribution in [0.2, 0.25) is 0 Å². The fourth-order valence-electron chi connectivity index (χ4n) is 2.00. The molecule has 0 atom stereocenters. The third kappa shape index (κ3) is 3.40. The number of halogens is 1. The maximum atomic E-state index is 13.6. The number of methoxy groups -OCH3 is 1. The van der Waals surface area contributed by atoms with E-state index >= 15 is 0 Å². The van der Waals surface area contributed by atoms with Crippen LogP contribution in [0, 0.1) is 5.82 Å². The Balaban J connectivity index is 2.30. The van der Waals surface area contributed by atoms with E-state index in [4.69, 9.17) is 9.47 Å². The van der Waals surface area contributed by atoms with Gasteiger partial charge in [-0.05, 0) is 18.2 Å². The van der Waals surface area contributed by atoms with Crippen molar-refractivity contribution in [2.24, 2.45) is 0 Å². The number of carbonyl (C=O) groups is 1. The number of Topliss-reactive ketones (excluding diaryl/α,β-unsaturated/α-hetero) is 1. The maximum absolute atomic E-state index is 13.6. The average molecular weight is 288 g/mol. The molecule has 0 aromatic heterocycles. The Morgan fingerprint density at radius 1 is 1.14 bits per heavy atom. The highest BCUT2D eigenvalue weighted by Gasteiger charge is 2.16. The third-order valence-electron chi connectivity index (χ3n) is 3.15. The standard InChI is InChI=1S/C17H17FO3/c1-3-15(19)13-8-6-10-16(20-2)17(13)21-11-12-7-4-5-9-14(12)18/h4-10H,3,11H2,1-2H3. The van der Waals surface area contributed by atoms with Crippen molar-refractivity contribution >= 4 is 5.78 Å². The summed E-state index contributed by atoms with van der Waals surface area (Å²) >= 11 is 0. The smallest absolute Gasteiger partial charge is 0.172 e. The average Bonchev–Trinajstić information content (AvgIpc) is 2.53. The summed E-state index contributed by atoms with van der Waals surface area (Å²) in [5.41, 5.74) is 0.881. The first-order chi connectivity index (χ1) is 10.2. The molecule has 3 nitrogen and oxygen atoms in total. The summed E-state index contributed by atoms with van der Waals surface area (Å²) in [5.74, 6) is 0.439. The van der Waals surface area contributed by atoms with E-state index in [1.807, 2.05) is 0 Å². The minimum atomic E-state index is -0.337. The van der Waals surface area contributed by atoms with Crippen LogP contribution in [0.15, 0.2) is 42.5 Å². The van der Waals surface area contributed by atoms with Crippen LogP contribution in [0.4, 0.5) is 4.39 Å². The van der Waals surface area contributed by atoms with Gasteiger partial charge in [0, 0.05) is 12.0 Å². The monoisotopic (exact) mass is 288 g/mol. The molecule has 0 heterocycles. The number of para-hydroxylation sites is 1. The van der Waals surface area contributed by atoms with Gasteiger partial charge in [0.25, 0.3) is 0 Å². The molecule has 0 aliphatic carbocycles. The van der Waals surface area contributed by atoms with Crippen molar-refractivity contribution in [2.45, 2.75) is 20.0 Å². The number of ether oxygens (including phenoxy) is 2. The zero-order chi connectivity index (χ0) is 15.2. The van der Waals surface area contributed by atoms with Gasteiger partial charge in [0.1, 0.15) is 12.4 Å². The highest BCUT2D eigenvalue weighted by molar-refractivity contribution is 5.99. The molecular weight excluding hydrogens is 271 g/mol.